The first-order valence-corrected chi connectivity index (χ1v) is 9.89. The largest absolute Gasteiger partial charge is 0.525 e. The number of rotatable bonds is 1. The van der Waals surface area contributed by atoms with Gasteiger partial charge in [-0.15, -0.1) is 0 Å². The smallest absolute Gasteiger partial charge is 0.508 e. The highest BCUT2D eigenvalue weighted by atomic mass is 19.1. The van der Waals surface area contributed by atoms with E-state index in [9.17, 15) is 5.11 Å². The Bertz CT molecular complexity index is 764. The van der Waals surface area contributed by atoms with Crippen LogP contribution in [0.15, 0.2) is 23.9 Å². The molecule has 27 heavy (non-hydrogen) atoms. The van der Waals surface area contributed by atoms with Crippen LogP contribution in [0.2, 0.25) is 0 Å². The highest BCUT2D eigenvalue weighted by Gasteiger charge is 2.54. The molecule has 1 spiro atoms. The second kappa shape index (κ2) is 6.24. The number of hydrogen-bond donors (Lipinski definition) is 1. The average molecular weight is 374 g/mol. The minimum atomic E-state index is -1.04. The number of hydrogen-bond acceptors (Lipinski definition) is 4. The second-order valence-corrected chi connectivity index (χ2v) is 9.12. The van der Waals surface area contributed by atoms with Gasteiger partial charge in [0.05, 0.1) is 11.2 Å². The van der Waals surface area contributed by atoms with Crippen LogP contribution in [0.25, 0.3) is 5.57 Å². The van der Waals surface area contributed by atoms with Crippen LogP contribution in [0, 0.1) is 0 Å². The predicted octanol–water partition coefficient (Wildman–Crippen LogP) is 5.19. The van der Waals surface area contributed by atoms with Gasteiger partial charge in [-0.1, -0.05) is 6.42 Å². The molecule has 2 fully saturated rings. The molecule has 0 atom stereocenters. The van der Waals surface area contributed by atoms with Gasteiger partial charge in [0.25, 0.3) is 0 Å². The highest BCUT2D eigenvalue weighted by molar-refractivity contribution is 6.55. The Morgan fingerprint density at radius 1 is 1.04 bits per heavy atom. The number of phenols is 1. The van der Waals surface area contributed by atoms with E-state index in [0.717, 1.165) is 25.7 Å². The van der Waals surface area contributed by atoms with E-state index in [0.29, 0.717) is 23.3 Å². The summed E-state index contributed by atoms with van der Waals surface area (Å²) < 4.78 is 34.0. The molecule has 1 aromatic carbocycles. The molecule has 4 nitrogen and oxygen atoms in total. The summed E-state index contributed by atoms with van der Waals surface area (Å²) in [7, 11) is -1.04. The van der Waals surface area contributed by atoms with E-state index < -0.39 is 24.0 Å². The number of ether oxygens (including phenoxy) is 1. The Labute approximate surface area is 160 Å². The van der Waals surface area contributed by atoms with Crippen LogP contribution in [-0.4, -0.2) is 29.0 Å². The maximum Gasteiger partial charge on any atom is 0.525 e. The van der Waals surface area contributed by atoms with Gasteiger partial charge in [-0.25, -0.2) is 4.39 Å². The lowest BCUT2D eigenvalue weighted by Gasteiger charge is -2.42. The van der Waals surface area contributed by atoms with Crippen molar-refractivity contribution in [1.82, 2.24) is 0 Å². The molecule has 0 unspecified atom stereocenters. The van der Waals surface area contributed by atoms with Gasteiger partial charge in [0.1, 0.15) is 22.8 Å². The molecule has 1 saturated heterocycles. The third kappa shape index (κ3) is 3.17. The summed E-state index contributed by atoms with van der Waals surface area (Å²) in [5.74, 6) is 0.721. The molecule has 6 heteroatoms. The maximum absolute atomic E-state index is 15.7. The van der Waals surface area contributed by atoms with Gasteiger partial charge < -0.3 is 19.2 Å². The van der Waals surface area contributed by atoms with Gasteiger partial charge in [0.2, 0.25) is 0 Å². The minimum absolute atomic E-state index is 0.0937. The Balaban J connectivity index is 1.78. The molecule has 2 aliphatic heterocycles. The quantitative estimate of drug-likeness (QED) is 0.688. The number of benzene rings is 1. The van der Waals surface area contributed by atoms with E-state index in [1.54, 1.807) is 18.2 Å². The van der Waals surface area contributed by atoms with Crippen molar-refractivity contribution in [2.75, 3.05) is 0 Å². The number of aromatic hydroxyl groups is 1. The molecule has 146 valence electrons. The number of phenolic OH excluding ortho intramolecular Hbond substituents is 1. The molecule has 4 rings (SSSR count). The first-order valence-electron chi connectivity index (χ1n) is 9.89. The lowest BCUT2D eigenvalue weighted by molar-refractivity contribution is 0.00578. The lowest BCUT2D eigenvalue weighted by Crippen LogP contribution is -2.41. The van der Waals surface area contributed by atoms with Crippen molar-refractivity contribution >= 4 is 12.7 Å². The van der Waals surface area contributed by atoms with Crippen molar-refractivity contribution in [3.8, 4) is 11.5 Å². The fraction of sp³-hybridized carbons (Fsp3) is 0.619. The molecule has 0 aromatic heterocycles. The molecular formula is C21H28BFO4. The van der Waals surface area contributed by atoms with Crippen molar-refractivity contribution < 1.29 is 23.5 Å². The molecule has 2 heterocycles. The Morgan fingerprint density at radius 2 is 1.67 bits per heavy atom. The van der Waals surface area contributed by atoms with E-state index in [1.165, 1.54) is 6.42 Å². The van der Waals surface area contributed by atoms with E-state index in [4.69, 9.17) is 14.0 Å². The normalized spacial score (nSPS) is 27.2. The van der Waals surface area contributed by atoms with Crippen molar-refractivity contribution in [3.63, 3.8) is 0 Å². The Kier molecular flexibility index (Phi) is 4.35. The summed E-state index contributed by atoms with van der Waals surface area (Å²) in [6.07, 6.45) is 5.64. The molecule has 1 saturated carbocycles. The summed E-state index contributed by atoms with van der Waals surface area (Å²) in [5.41, 5.74) is -0.867. The van der Waals surface area contributed by atoms with Crippen LogP contribution >= 0.6 is 0 Å². The third-order valence-corrected chi connectivity index (χ3v) is 6.63. The standard InChI is InChI=1S/C21H28BFO4/c1-19(2)20(3,4)27-22(26-19)18(23)16-13-21(10-6-5-7-11-21)25-17-9-8-14(24)12-15(16)17/h8-9,12,24H,5-7,10-11,13H2,1-4H3. The number of halogens is 1. The van der Waals surface area contributed by atoms with Crippen LogP contribution in [-0.2, 0) is 9.31 Å². The summed E-state index contributed by atoms with van der Waals surface area (Å²) in [6, 6.07) is 4.90. The van der Waals surface area contributed by atoms with Crippen LogP contribution in [0.4, 0.5) is 4.39 Å². The monoisotopic (exact) mass is 374 g/mol. The van der Waals surface area contributed by atoms with E-state index in [2.05, 4.69) is 0 Å². The SMILES string of the molecule is CC1(C)OB(C(F)=C2CC3(CCCCC3)Oc3ccc(O)cc32)OC1(C)C. The zero-order chi connectivity index (χ0) is 19.4. The van der Waals surface area contributed by atoms with Gasteiger partial charge in [0, 0.05) is 12.0 Å². The fourth-order valence-electron chi connectivity index (χ4n) is 4.31. The molecule has 1 aliphatic carbocycles. The molecular weight excluding hydrogens is 346 g/mol. The zero-order valence-electron chi connectivity index (χ0n) is 16.6. The molecule has 1 aromatic rings. The molecule has 0 bridgehead atoms. The highest BCUT2D eigenvalue weighted by Crippen LogP contribution is 2.50. The molecule has 0 radical (unpaired) electrons. The Hall–Kier alpha value is -1.53. The summed E-state index contributed by atoms with van der Waals surface area (Å²) >= 11 is 0. The van der Waals surface area contributed by atoms with Gasteiger partial charge >= 0.3 is 7.12 Å². The predicted molar refractivity (Wildman–Crippen MR) is 103 cm³/mol. The first-order chi connectivity index (χ1) is 12.6. The van der Waals surface area contributed by atoms with Gasteiger partial charge in [-0.3, -0.25) is 0 Å². The maximum atomic E-state index is 15.7. The van der Waals surface area contributed by atoms with Gasteiger partial charge in [-0.2, -0.15) is 0 Å². The molecule has 3 aliphatic rings. The van der Waals surface area contributed by atoms with E-state index >= 15 is 4.39 Å². The van der Waals surface area contributed by atoms with E-state index in [-0.39, 0.29) is 11.4 Å². The molecule has 1 N–H and O–H groups in total. The summed E-state index contributed by atoms with van der Waals surface area (Å²) in [4.78, 5) is 0. The molecule has 0 amide bonds. The first kappa shape index (κ1) is 18.8. The van der Waals surface area contributed by atoms with Crippen molar-refractivity contribution in [2.45, 2.75) is 83.0 Å². The second-order valence-electron chi connectivity index (χ2n) is 9.12. The van der Waals surface area contributed by atoms with Crippen molar-refractivity contribution in [1.29, 1.82) is 0 Å². The van der Waals surface area contributed by atoms with Crippen LogP contribution in [0.3, 0.4) is 0 Å². The summed E-state index contributed by atoms with van der Waals surface area (Å²) in [6.45, 7) is 7.66. The van der Waals surface area contributed by atoms with Crippen LogP contribution in [0.1, 0.15) is 71.8 Å². The lowest BCUT2D eigenvalue weighted by atomic mass is 9.73. The number of fused-ring (bicyclic) bond motifs is 1. The zero-order valence-corrected chi connectivity index (χ0v) is 16.6. The van der Waals surface area contributed by atoms with Crippen molar-refractivity contribution in [2.24, 2.45) is 0 Å². The van der Waals surface area contributed by atoms with Crippen molar-refractivity contribution in [3.05, 3.63) is 29.5 Å². The summed E-state index contributed by atoms with van der Waals surface area (Å²) in [5, 5.41) is 9.96. The van der Waals surface area contributed by atoms with E-state index in [1.807, 2.05) is 27.7 Å². The minimum Gasteiger partial charge on any atom is -0.508 e. The fourth-order valence-corrected chi connectivity index (χ4v) is 4.31. The topological polar surface area (TPSA) is 47.9 Å². The van der Waals surface area contributed by atoms with Gasteiger partial charge in [0.15, 0.2) is 0 Å². The Morgan fingerprint density at radius 3 is 2.30 bits per heavy atom. The van der Waals surface area contributed by atoms with Crippen LogP contribution in [0.5, 0.6) is 11.5 Å². The average Bonchev–Trinajstić information content (AvgIpc) is 2.82. The third-order valence-electron chi connectivity index (χ3n) is 6.63. The van der Waals surface area contributed by atoms with Crippen LogP contribution < -0.4 is 4.74 Å². The van der Waals surface area contributed by atoms with Gasteiger partial charge in [-0.05, 0) is 77.2 Å².